The summed E-state index contributed by atoms with van der Waals surface area (Å²) in [5.74, 6) is 0.767. The lowest BCUT2D eigenvalue weighted by atomic mass is 9.99. The van der Waals surface area contributed by atoms with E-state index in [1.54, 1.807) is 0 Å². The molecular weight excluding hydrogens is 252 g/mol. The Balaban J connectivity index is 2.68. The van der Waals surface area contributed by atoms with Crippen molar-refractivity contribution in [3.8, 4) is 5.75 Å². The smallest absolute Gasteiger partial charge is 0.241 e. The number of carbonyl (C=O) groups is 1. The summed E-state index contributed by atoms with van der Waals surface area (Å²) < 4.78 is 5.73. The van der Waals surface area contributed by atoms with Crippen molar-refractivity contribution in [2.75, 3.05) is 5.32 Å². The fourth-order valence-corrected chi connectivity index (χ4v) is 1.70. The van der Waals surface area contributed by atoms with Gasteiger partial charge in [-0.2, -0.15) is 0 Å². The lowest BCUT2D eigenvalue weighted by molar-refractivity contribution is -0.118. The van der Waals surface area contributed by atoms with Crippen molar-refractivity contribution >= 4 is 11.6 Å². The minimum atomic E-state index is -0.487. The molecule has 0 heterocycles. The maximum Gasteiger partial charge on any atom is 0.241 e. The Labute approximate surface area is 121 Å². The first kappa shape index (κ1) is 16.5. The molecule has 0 radical (unpaired) electrons. The highest BCUT2D eigenvalue weighted by Gasteiger charge is 2.19. The van der Waals surface area contributed by atoms with Gasteiger partial charge in [-0.05, 0) is 31.4 Å². The van der Waals surface area contributed by atoms with Crippen molar-refractivity contribution < 1.29 is 9.53 Å². The number of carbonyl (C=O) groups excluding carboxylic acids is 1. The first-order valence-electron chi connectivity index (χ1n) is 7.31. The summed E-state index contributed by atoms with van der Waals surface area (Å²) in [6, 6.07) is 6.93. The molecule has 4 heteroatoms. The minimum Gasteiger partial charge on any atom is -0.491 e. The van der Waals surface area contributed by atoms with Gasteiger partial charge < -0.3 is 15.8 Å². The topological polar surface area (TPSA) is 64.3 Å². The third kappa shape index (κ3) is 4.85. The molecule has 0 aliphatic heterocycles. The standard InChI is InChI=1S/C16H26N2O2/c1-5-11(3)15(17)16(19)18-13-8-7-9-14(10-13)20-12(4)6-2/h7-12,15H,5-6,17H2,1-4H3,(H,18,19)/t11?,12?,15-/m0/s1. The van der Waals surface area contributed by atoms with Gasteiger partial charge in [0.25, 0.3) is 0 Å². The minimum absolute atomic E-state index is 0.153. The Hall–Kier alpha value is -1.55. The van der Waals surface area contributed by atoms with Gasteiger partial charge in [0.15, 0.2) is 0 Å². The molecule has 1 amide bonds. The summed E-state index contributed by atoms with van der Waals surface area (Å²) in [5, 5.41) is 2.84. The number of benzene rings is 1. The van der Waals surface area contributed by atoms with Crippen molar-refractivity contribution in [1.82, 2.24) is 0 Å². The number of anilines is 1. The van der Waals surface area contributed by atoms with Gasteiger partial charge in [-0.15, -0.1) is 0 Å². The zero-order valence-corrected chi connectivity index (χ0v) is 12.8. The monoisotopic (exact) mass is 278 g/mol. The van der Waals surface area contributed by atoms with E-state index >= 15 is 0 Å². The van der Waals surface area contributed by atoms with E-state index in [0.29, 0.717) is 0 Å². The zero-order chi connectivity index (χ0) is 15.1. The van der Waals surface area contributed by atoms with Crippen molar-refractivity contribution in [3.63, 3.8) is 0 Å². The summed E-state index contributed by atoms with van der Waals surface area (Å²) in [7, 11) is 0. The molecule has 1 rings (SSSR count). The van der Waals surface area contributed by atoms with Gasteiger partial charge in [0.05, 0.1) is 12.1 Å². The third-order valence-corrected chi connectivity index (χ3v) is 3.57. The first-order valence-corrected chi connectivity index (χ1v) is 7.31. The molecular formula is C16H26N2O2. The van der Waals surface area contributed by atoms with E-state index in [0.717, 1.165) is 24.3 Å². The predicted molar refractivity (Wildman–Crippen MR) is 82.9 cm³/mol. The second kappa shape index (κ2) is 7.90. The van der Waals surface area contributed by atoms with Crippen LogP contribution in [0.1, 0.15) is 40.5 Å². The second-order valence-electron chi connectivity index (χ2n) is 5.27. The van der Waals surface area contributed by atoms with Gasteiger partial charge in [-0.3, -0.25) is 4.79 Å². The van der Waals surface area contributed by atoms with Crippen LogP contribution in [0.25, 0.3) is 0 Å². The Bertz CT molecular complexity index is 434. The molecule has 0 saturated carbocycles. The molecule has 0 saturated heterocycles. The summed E-state index contributed by atoms with van der Waals surface area (Å²) in [5.41, 5.74) is 6.63. The van der Waals surface area contributed by atoms with Crippen molar-refractivity contribution in [2.45, 2.75) is 52.7 Å². The number of hydrogen-bond donors (Lipinski definition) is 2. The molecule has 0 bridgehead atoms. The van der Waals surface area contributed by atoms with E-state index in [-0.39, 0.29) is 17.9 Å². The lowest BCUT2D eigenvalue weighted by Crippen LogP contribution is -2.40. The molecule has 0 aromatic heterocycles. The first-order chi connectivity index (χ1) is 9.47. The molecule has 112 valence electrons. The fraction of sp³-hybridized carbons (Fsp3) is 0.562. The van der Waals surface area contributed by atoms with Crippen LogP contribution < -0.4 is 15.8 Å². The number of nitrogens with one attached hydrogen (secondary N) is 1. The normalized spacial score (nSPS) is 15.2. The Morgan fingerprint density at radius 1 is 1.30 bits per heavy atom. The van der Waals surface area contributed by atoms with E-state index in [9.17, 15) is 4.79 Å². The van der Waals surface area contributed by atoms with E-state index in [2.05, 4.69) is 12.2 Å². The molecule has 1 aromatic rings. The van der Waals surface area contributed by atoms with Gasteiger partial charge in [0.1, 0.15) is 5.75 Å². The number of ether oxygens (including phenoxy) is 1. The van der Waals surface area contributed by atoms with E-state index in [1.807, 2.05) is 45.0 Å². The molecule has 0 spiro atoms. The zero-order valence-electron chi connectivity index (χ0n) is 12.8. The van der Waals surface area contributed by atoms with Gasteiger partial charge in [-0.1, -0.05) is 33.3 Å². The number of nitrogens with two attached hydrogens (primary N) is 1. The SMILES string of the molecule is CCC(C)Oc1cccc(NC(=O)[C@@H](N)C(C)CC)c1. The van der Waals surface area contributed by atoms with Crippen LogP contribution >= 0.6 is 0 Å². The Morgan fingerprint density at radius 2 is 2.00 bits per heavy atom. The highest BCUT2D eigenvalue weighted by Crippen LogP contribution is 2.19. The summed E-state index contributed by atoms with van der Waals surface area (Å²) in [6.45, 7) is 8.09. The van der Waals surface area contributed by atoms with Crippen LogP contribution in [0.5, 0.6) is 5.75 Å². The highest BCUT2D eigenvalue weighted by atomic mass is 16.5. The van der Waals surface area contributed by atoms with E-state index in [1.165, 1.54) is 0 Å². The molecule has 0 aliphatic carbocycles. The number of rotatable bonds is 7. The van der Waals surface area contributed by atoms with Crippen molar-refractivity contribution in [1.29, 1.82) is 0 Å². The van der Waals surface area contributed by atoms with Crippen LogP contribution in [0.3, 0.4) is 0 Å². The number of hydrogen-bond acceptors (Lipinski definition) is 3. The molecule has 2 unspecified atom stereocenters. The van der Waals surface area contributed by atoms with Gasteiger partial charge >= 0.3 is 0 Å². The summed E-state index contributed by atoms with van der Waals surface area (Å²) >= 11 is 0. The maximum absolute atomic E-state index is 12.0. The van der Waals surface area contributed by atoms with E-state index in [4.69, 9.17) is 10.5 Å². The second-order valence-corrected chi connectivity index (χ2v) is 5.27. The Kier molecular flexibility index (Phi) is 6.52. The van der Waals surface area contributed by atoms with Gasteiger partial charge in [0.2, 0.25) is 5.91 Å². The molecule has 4 nitrogen and oxygen atoms in total. The average molecular weight is 278 g/mol. The molecule has 20 heavy (non-hydrogen) atoms. The summed E-state index contributed by atoms with van der Waals surface area (Å²) in [4.78, 5) is 12.0. The quantitative estimate of drug-likeness (QED) is 0.805. The van der Waals surface area contributed by atoms with Crippen LogP contribution in [0.4, 0.5) is 5.69 Å². The van der Waals surface area contributed by atoms with Gasteiger partial charge in [0, 0.05) is 11.8 Å². The number of amides is 1. The van der Waals surface area contributed by atoms with E-state index < -0.39 is 6.04 Å². The fourth-order valence-electron chi connectivity index (χ4n) is 1.70. The molecule has 3 atom stereocenters. The molecule has 3 N–H and O–H groups in total. The summed E-state index contributed by atoms with van der Waals surface area (Å²) in [6.07, 6.45) is 1.98. The van der Waals surface area contributed by atoms with Crippen LogP contribution in [0, 0.1) is 5.92 Å². The molecule has 1 aromatic carbocycles. The van der Waals surface area contributed by atoms with Gasteiger partial charge in [-0.25, -0.2) is 0 Å². The molecule has 0 aliphatic rings. The average Bonchev–Trinajstić information content (AvgIpc) is 2.45. The third-order valence-electron chi connectivity index (χ3n) is 3.57. The van der Waals surface area contributed by atoms with Crippen LogP contribution in [0.15, 0.2) is 24.3 Å². The Morgan fingerprint density at radius 3 is 2.60 bits per heavy atom. The highest BCUT2D eigenvalue weighted by molar-refractivity contribution is 5.95. The predicted octanol–water partition coefficient (Wildman–Crippen LogP) is 3.18. The largest absolute Gasteiger partial charge is 0.491 e. The van der Waals surface area contributed by atoms with Crippen molar-refractivity contribution in [3.05, 3.63) is 24.3 Å². The van der Waals surface area contributed by atoms with Crippen molar-refractivity contribution in [2.24, 2.45) is 11.7 Å². The lowest BCUT2D eigenvalue weighted by Gasteiger charge is -2.18. The van der Waals surface area contributed by atoms with Crippen LogP contribution in [-0.4, -0.2) is 18.1 Å². The van der Waals surface area contributed by atoms with Crippen LogP contribution in [-0.2, 0) is 4.79 Å². The molecule has 0 fully saturated rings. The maximum atomic E-state index is 12.0. The van der Waals surface area contributed by atoms with Crippen LogP contribution in [0.2, 0.25) is 0 Å².